The largest absolute Gasteiger partial charge is 0.423 e. The Morgan fingerprint density at radius 1 is 0.692 bits per heavy atom. The van der Waals surface area contributed by atoms with Gasteiger partial charge in [-0.2, -0.15) is 13.2 Å². The molecular weight excluding hydrogens is 513 g/mol. The lowest BCUT2D eigenvalue weighted by Crippen LogP contribution is -2.11. The highest BCUT2D eigenvalue weighted by molar-refractivity contribution is 5.86. The Hall–Kier alpha value is -5.36. The predicted octanol–water partition coefficient (Wildman–Crippen LogP) is 6.05. The maximum absolute atomic E-state index is 14.1. The summed E-state index contributed by atoms with van der Waals surface area (Å²) in [4.78, 5) is 34.7. The molecule has 0 amide bonds. The average Bonchev–Trinajstić information content (AvgIpc) is 2.92. The highest BCUT2D eigenvalue weighted by Crippen LogP contribution is 2.40. The zero-order valence-electron chi connectivity index (χ0n) is 20.2. The number of hydrogen-bond donors (Lipinski definition) is 0. The molecule has 39 heavy (non-hydrogen) atoms. The summed E-state index contributed by atoms with van der Waals surface area (Å²) in [6.07, 6.45) is -1.99. The average molecular weight is 532 g/mol. The van der Waals surface area contributed by atoms with E-state index >= 15 is 0 Å². The molecule has 0 heterocycles. The Bertz CT molecular complexity index is 1510. The van der Waals surface area contributed by atoms with E-state index in [1.165, 1.54) is 48.5 Å². The first-order valence-electron chi connectivity index (χ1n) is 11.0. The fourth-order valence-electron chi connectivity index (χ4n) is 3.14. The van der Waals surface area contributed by atoms with Crippen LogP contribution in [0.4, 0.5) is 13.2 Å². The third-order valence-corrected chi connectivity index (χ3v) is 4.93. The normalized spacial score (nSPS) is 10.3. The summed E-state index contributed by atoms with van der Waals surface area (Å²) < 4.78 is 57.4. The molecule has 0 N–H and O–H groups in total. The number of carbonyl (C=O) groups is 3. The van der Waals surface area contributed by atoms with Crippen molar-refractivity contribution in [2.45, 2.75) is 6.18 Å². The van der Waals surface area contributed by atoms with Crippen LogP contribution in [0.3, 0.4) is 0 Å². The summed E-state index contributed by atoms with van der Waals surface area (Å²) in [5.74, 6) is 2.98. The number of hydrogen-bond acceptors (Lipinski definition) is 6. The zero-order chi connectivity index (χ0) is 28.6. The molecule has 3 aromatic rings. The number of ether oxygens (including phenoxy) is 3. The molecule has 0 radical (unpaired) electrons. The van der Waals surface area contributed by atoms with Gasteiger partial charge < -0.3 is 14.2 Å². The smallest absolute Gasteiger partial charge is 0.417 e. The standard InChI is InChI=1S/C30H19F3O6/c1-4-27(34)37-22-13-8-19(9-14-22)7-10-21-17-26(39-29(36)6-3)24(18-25(21)30(31,32)33)20-11-15-23(16-12-20)38-28(35)5-2/h4-6,8-9,11-18H,1-3H2. The predicted molar refractivity (Wildman–Crippen MR) is 137 cm³/mol. The van der Waals surface area contributed by atoms with Gasteiger partial charge in [-0.1, -0.05) is 43.7 Å². The van der Waals surface area contributed by atoms with Crippen molar-refractivity contribution >= 4 is 17.9 Å². The number of esters is 3. The molecule has 0 saturated carbocycles. The second kappa shape index (κ2) is 12.3. The van der Waals surface area contributed by atoms with Crippen LogP contribution in [-0.4, -0.2) is 17.9 Å². The molecule has 0 aliphatic heterocycles. The van der Waals surface area contributed by atoms with Crippen LogP contribution in [0, 0.1) is 11.8 Å². The van der Waals surface area contributed by atoms with Gasteiger partial charge in [0.25, 0.3) is 0 Å². The molecule has 0 fully saturated rings. The second-order valence-electron chi connectivity index (χ2n) is 7.57. The number of carbonyl (C=O) groups excluding carboxylic acids is 3. The van der Waals surface area contributed by atoms with Crippen molar-refractivity contribution in [1.82, 2.24) is 0 Å². The molecule has 0 aliphatic carbocycles. The molecule has 0 spiro atoms. The van der Waals surface area contributed by atoms with Crippen molar-refractivity contribution in [3.05, 3.63) is 115 Å². The molecule has 0 bridgehead atoms. The molecular formula is C30H19F3O6. The van der Waals surface area contributed by atoms with Gasteiger partial charge in [0, 0.05) is 34.9 Å². The lowest BCUT2D eigenvalue weighted by molar-refractivity contribution is -0.137. The summed E-state index contributed by atoms with van der Waals surface area (Å²) in [6, 6.07) is 13.1. The molecule has 6 nitrogen and oxygen atoms in total. The van der Waals surface area contributed by atoms with Crippen molar-refractivity contribution < 1.29 is 41.8 Å². The first-order chi connectivity index (χ1) is 18.5. The van der Waals surface area contributed by atoms with Crippen LogP contribution in [0.2, 0.25) is 0 Å². The second-order valence-corrected chi connectivity index (χ2v) is 7.57. The highest BCUT2D eigenvalue weighted by Gasteiger charge is 2.34. The van der Waals surface area contributed by atoms with Crippen LogP contribution >= 0.6 is 0 Å². The summed E-state index contributed by atoms with van der Waals surface area (Å²) >= 11 is 0. The van der Waals surface area contributed by atoms with Gasteiger partial charge >= 0.3 is 24.1 Å². The quantitative estimate of drug-likeness (QED) is 0.160. The van der Waals surface area contributed by atoms with Crippen molar-refractivity contribution in [1.29, 1.82) is 0 Å². The van der Waals surface area contributed by atoms with Gasteiger partial charge in [-0.15, -0.1) is 0 Å². The van der Waals surface area contributed by atoms with E-state index in [2.05, 4.69) is 31.6 Å². The minimum atomic E-state index is -4.80. The molecule has 196 valence electrons. The van der Waals surface area contributed by atoms with Gasteiger partial charge in [0.15, 0.2) is 0 Å². The summed E-state index contributed by atoms with van der Waals surface area (Å²) in [5, 5.41) is 0. The molecule has 3 aromatic carbocycles. The first-order valence-corrected chi connectivity index (χ1v) is 11.0. The van der Waals surface area contributed by atoms with Crippen molar-refractivity contribution in [3.8, 4) is 40.2 Å². The van der Waals surface area contributed by atoms with Gasteiger partial charge in [-0.05, 0) is 54.1 Å². The Balaban J connectivity index is 2.08. The third kappa shape index (κ3) is 7.57. The van der Waals surface area contributed by atoms with Crippen molar-refractivity contribution in [2.24, 2.45) is 0 Å². The van der Waals surface area contributed by atoms with E-state index in [0.29, 0.717) is 5.56 Å². The van der Waals surface area contributed by atoms with E-state index in [0.717, 1.165) is 30.4 Å². The van der Waals surface area contributed by atoms with Crippen molar-refractivity contribution in [2.75, 3.05) is 0 Å². The Labute approximate surface area is 221 Å². The molecule has 0 unspecified atom stereocenters. The van der Waals surface area contributed by atoms with E-state index in [-0.39, 0.29) is 28.4 Å². The zero-order valence-corrected chi connectivity index (χ0v) is 20.2. The van der Waals surface area contributed by atoms with Gasteiger partial charge in [0.1, 0.15) is 17.2 Å². The van der Waals surface area contributed by atoms with Crippen LogP contribution in [-0.2, 0) is 20.6 Å². The topological polar surface area (TPSA) is 78.9 Å². The van der Waals surface area contributed by atoms with E-state index in [1.807, 2.05) is 0 Å². The minimum absolute atomic E-state index is 0.0574. The number of rotatable bonds is 7. The SMILES string of the molecule is C=CC(=O)Oc1ccc(C#Cc2cc(OC(=O)C=C)c(-c3ccc(OC(=O)C=C)cc3)cc2C(F)(F)F)cc1. The fourth-order valence-corrected chi connectivity index (χ4v) is 3.14. The fraction of sp³-hybridized carbons (Fsp3) is 0.0333. The van der Waals surface area contributed by atoms with E-state index in [4.69, 9.17) is 14.2 Å². The van der Waals surface area contributed by atoms with E-state index < -0.39 is 35.2 Å². The van der Waals surface area contributed by atoms with Gasteiger partial charge in [-0.3, -0.25) is 0 Å². The van der Waals surface area contributed by atoms with E-state index in [9.17, 15) is 27.6 Å². The molecule has 0 aromatic heterocycles. The Kier molecular flexibility index (Phi) is 8.86. The van der Waals surface area contributed by atoms with Gasteiger partial charge in [-0.25, -0.2) is 14.4 Å². The number of halogens is 3. The molecule has 0 saturated heterocycles. The van der Waals surface area contributed by atoms with Gasteiger partial charge in [0.2, 0.25) is 0 Å². The number of benzene rings is 3. The maximum Gasteiger partial charge on any atom is 0.417 e. The Morgan fingerprint density at radius 3 is 1.67 bits per heavy atom. The first kappa shape index (κ1) is 28.2. The van der Waals surface area contributed by atoms with Crippen LogP contribution in [0.25, 0.3) is 11.1 Å². The van der Waals surface area contributed by atoms with Crippen LogP contribution in [0.1, 0.15) is 16.7 Å². The van der Waals surface area contributed by atoms with Crippen LogP contribution in [0.5, 0.6) is 17.2 Å². The summed E-state index contributed by atoms with van der Waals surface area (Å²) in [7, 11) is 0. The minimum Gasteiger partial charge on any atom is -0.423 e. The lowest BCUT2D eigenvalue weighted by Gasteiger charge is -2.16. The molecule has 0 aliphatic rings. The molecule has 9 heteroatoms. The van der Waals surface area contributed by atoms with Crippen LogP contribution in [0.15, 0.2) is 98.6 Å². The van der Waals surface area contributed by atoms with Gasteiger partial charge in [0.05, 0.1) is 5.56 Å². The summed E-state index contributed by atoms with van der Waals surface area (Å²) in [5.41, 5.74) is -0.994. The highest BCUT2D eigenvalue weighted by atomic mass is 19.4. The van der Waals surface area contributed by atoms with E-state index in [1.54, 1.807) is 0 Å². The monoisotopic (exact) mass is 532 g/mol. The Morgan fingerprint density at radius 2 is 1.18 bits per heavy atom. The third-order valence-electron chi connectivity index (χ3n) is 4.93. The van der Waals surface area contributed by atoms with Crippen LogP contribution < -0.4 is 14.2 Å². The number of alkyl halides is 3. The molecule has 0 atom stereocenters. The molecule has 3 rings (SSSR count). The van der Waals surface area contributed by atoms with Crippen molar-refractivity contribution in [3.63, 3.8) is 0 Å². The lowest BCUT2D eigenvalue weighted by atomic mass is 9.97. The summed E-state index contributed by atoms with van der Waals surface area (Å²) in [6.45, 7) is 9.90. The maximum atomic E-state index is 14.1.